The summed E-state index contributed by atoms with van der Waals surface area (Å²) in [5.74, 6) is -0.691. The summed E-state index contributed by atoms with van der Waals surface area (Å²) < 4.78 is 15.0. The van der Waals surface area contributed by atoms with Gasteiger partial charge in [0.1, 0.15) is 11.5 Å². The number of nitrogens with zero attached hydrogens (tertiary/aromatic N) is 4. The second-order valence-electron chi connectivity index (χ2n) is 6.16. The number of hydrogen-bond acceptors (Lipinski definition) is 4. The van der Waals surface area contributed by atoms with E-state index < -0.39 is 0 Å². The Morgan fingerprint density at radius 1 is 1.03 bits per heavy atom. The minimum absolute atomic E-state index is 0.324. The van der Waals surface area contributed by atoms with Crippen LogP contribution in [0.5, 0.6) is 0 Å². The minimum atomic E-state index is -0.367. The van der Waals surface area contributed by atoms with Crippen LogP contribution in [0, 0.1) is 5.82 Å². The van der Waals surface area contributed by atoms with Gasteiger partial charge in [-0.05, 0) is 48.5 Å². The number of hydrazone groups is 1. The summed E-state index contributed by atoms with van der Waals surface area (Å²) in [5, 5.41) is 8.67. The van der Waals surface area contributed by atoms with Crippen molar-refractivity contribution in [1.29, 1.82) is 0 Å². The number of carbonyl (C=O) groups excluding carboxylic acids is 1. The number of aromatic nitrogens is 3. The van der Waals surface area contributed by atoms with Crippen molar-refractivity contribution in [1.82, 2.24) is 20.2 Å². The second-order valence-corrected chi connectivity index (χ2v) is 6.16. The molecule has 1 amide bonds. The Kier molecular flexibility index (Phi) is 5.20. The summed E-state index contributed by atoms with van der Waals surface area (Å²) in [7, 11) is 0. The van der Waals surface area contributed by atoms with Crippen molar-refractivity contribution in [2.75, 3.05) is 0 Å². The molecule has 142 valence electrons. The lowest BCUT2D eigenvalue weighted by molar-refractivity contribution is 0.0955. The molecular weight excluding hydrogens is 369 g/mol. The summed E-state index contributed by atoms with van der Waals surface area (Å²) in [6, 6.07) is 19.0. The van der Waals surface area contributed by atoms with Gasteiger partial charge in [-0.15, -0.1) is 0 Å². The molecule has 0 radical (unpaired) electrons. The number of nitrogens with one attached hydrogen (secondary N) is 1. The number of hydrogen-bond donors (Lipinski definition) is 1. The first kappa shape index (κ1) is 18.2. The molecule has 0 aliphatic heterocycles. The minimum Gasteiger partial charge on any atom is -0.267 e. The Hall–Kier alpha value is -4.13. The molecule has 2 aromatic heterocycles. The van der Waals surface area contributed by atoms with E-state index in [1.165, 1.54) is 24.5 Å². The van der Waals surface area contributed by atoms with E-state index in [9.17, 15) is 9.18 Å². The van der Waals surface area contributed by atoms with Gasteiger partial charge >= 0.3 is 0 Å². The van der Waals surface area contributed by atoms with Gasteiger partial charge in [0.25, 0.3) is 5.91 Å². The van der Waals surface area contributed by atoms with E-state index >= 15 is 0 Å². The molecule has 0 aliphatic rings. The van der Waals surface area contributed by atoms with Crippen molar-refractivity contribution in [3.63, 3.8) is 0 Å². The van der Waals surface area contributed by atoms with Gasteiger partial charge in [0, 0.05) is 29.7 Å². The summed E-state index contributed by atoms with van der Waals surface area (Å²) in [4.78, 5) is 16.0. The molecule has 0 fully saturated rings. The molecular formula is C22H16FN5O. The average molecular weight is 385 g/mol. The van der Waals surface area contributed by atoms with Crippen molar-refractivity contribution in [3.8, 4) is 16.9 Å². The molecule has 4 aromatic rings. The van der Waals surface area contributed by atoms with Gasteiger partial charge in [0.2, 0.25) is 0 Å². The fourth-order valence-electron chi connectivity index (χ4n) is 2.75. The van der Waals surface area contributed by atoms with Crippen LogP contribution in [0.4, 0.5) is 4.39 Å². The average Bonchev–Trinajstić information content (AvgIpc) is 3.19. The van der Waals surface area contributed by atoms with Crippen molar-refractivity contribution in [2.24, 2.45) is 5.10 Å². The predicted octanol–water partition coefficient (Wildman–Crippen LogP) is 3.84. The van der Waals surface area contributed by atoms with Gasteiger partial charge in [-0.2, -0.15) is 10.2 Å². The van der Waals surface area contributed by atoms with Crippen molar-refractivity contribution >= 4 is 12.1 Å². The molecule has 2 heterocycles. The number of carbonyl (C=O) groups is 1. The first-order chi connectivity index (χ1) is 14.2. The fraction of sp³-hybridized carbons (Fsp3) is 0. The van der Waals surface area contributed by atoms with E-state index in [0.717, 1.165) is 11.3 Å². The standard InChI is InChI=1S/C22H16FN5O/c23-19-10-8-16(9-11-19)21-18(15-28(27-21)20-6-2-1-3-7-20)14-25-26-22(29)17-5-4-12-24-13-17/h1-15H,(H,26,29)/b25-14+. The third kappa shape index (κ3) is 4.24. The molecule has 7 heteroatoms. The maximum Gasteiger partial charge on any atom is 0.272 e. The molecule has 0 atom stereocenters. The topological polar surface area (TPSA) is 72.2 Å². The number of para-hydroxylation sites is 1. The molecule has 0 bridgehead atoms. The zero-order valence-corrected chi connectivity index (χ0v) is 15.2. The van der Waals surface area contributed by atoms with Crippen LogP contribution in [0.25, 0.3) is 16.9 Å². The number of rotatable bonds is 5. The van der Waals surface area contributed by atoms with Gasteiger partial charge in [0.05, 0.1) is 17.5 Å². The van der Waals surface area contributed by atoms with Crippen LogP contribution in [0.1, 0.15) is 15.9 Å². The first-order valence-corrected chi connectivity index (χ1v) is 8.85. The van der Waals surface area contributed by atoms with Crippen LogP contribution in [-0.4, -0.2) is 26.9 Å². The highest BCUT2D eigenvalue weighted by Crippen LogP contribution is 2.23. The van der Waals surface area contributed by atoms with Crippen molar-refractivity contribution < 1.29 is 9.18 Å². The molecule has 0 saturated carbocycles. The third-order valence-corrected chi connectivity index (χ3v) is 4.17. The number of benzene rings is 2. The van der Waals surface area contributed by atoms with E-state index in [1.54, 1.807) is 41.3 Å². The molecule has 4 rings (SSSR count). The van der Waals surface area contributed by atoms with Gasteiger partial charge in [0.15, 0.2) is 0 Å². The summed E-state index contributed by atoms with van der Waals surface area (Å²) in [5.41, 5.74) is 5.78. The Balaban J connectivity index is 1.64. The zero-order valence-electron chi connectivity index (χ0n) is 15.2. The monoisotopic (exact) mass is 385 g/mol. The molecule has 0 spiro atoms. The normalized spacial score (nSPS) is 10.9. The molecule has 1 N–H and O–H groups in total. The SMILES string of the molecule is O=C(N/N=C/c1cn(-c2ccccc2)nc1-c1ccc(F)cc1)c1cccnc1. The lowest BCUT2D eigenvalue weighted by Crippen LogP contribution is -2.17. The van der Waals surface area contributed by atoms with Crippen LogP contribution in [0.3, 0.4) is 0 Å². The van der Waals surface area contributed by atoms with Crippen LogP contribution in [0.15, 0.2) is 90.4 Å². The highest BCUT2D eigenvalue weighted by Gasteiger charge is 2.11. The Labute approximate surface area is 166 Å². The summed E-state index contributed by atoms with van der Waals surface area (Å²) in [6.07, 6.45) is 6.36. The molecule has 0 unspecified atom stereocenters. The lowest BCUT2D eigenvalue weighted by Gasteiger charge is -2.00. The molecule has 2 aromatic carbocycles. The van der Waals surface area contributed by atoms with E-state index in [0.29, 0.717) is 16.8 Å². The fourth-order valence-corrected chi connectivity index (χ4v) is 2.75. The van der Waals surface area contributed by atoms with Crippen LogP contribution in [-0.2, 0) is 0 Å². The summed E-state index contributed by atoms with van der Waals surface area (Å²) >= 11 is 0. The largest absolute Gasteiger partial charge is 0.272 e. The van der Waals surface area contributed by atoms with Gasteiger partial charge < -0.3 is 0 Å². The smallest absolute Gasteiger partial charge is 0.267 e. The van der Waals surface area contributed by atoms with Gasteiger partial charge in [-0.3, -0.25) is 9.78 Å². The Morgan fingerprint density at radius 2 is 1.83 bits per heavy atom. The van der Waals surface area contributed by atoms with Gasteiger partial charge in [-0.1, -0.05) is 18.2 Å². The van der Waals surface area contributed by atoms with Gasteiger partial charge in [-0.25, -0.2) is 14.5 Å². The third-order valence-electron chi connectivity index (χ3n) is 4.17. The maximum absolute atomic E-state index is 13.3. The number of halogens is 1. The van der Waals surface area contributed by atoms with E-state index in [-0.39, 0.29) is 11.7 Å². The van der Waals surface area contributed by atoms with Crippen LogP contribution < -0.4 is 5.43 Å². The Morgan fingerprint density at radius 3 is 2.55 bits per heavy atom. The maximum atomic E-state index is 13.3. The highest BCUT2D eigenvalue weighted by atomic mass is 19.1. The van der Waals surface area contributed by atoms with Crippen LogP contribution >= 0.6 is 0 Å². The predicted molar refractivity (Wildman–Crippen MR) is 108 cm³/mol. The van der Waals surface area contributed by atoms with Crippen molar-refractivity contribution in [2.45, 2.75) is 0 Å². The Bertz CT molecular complexity index is 1140. The second kappa shape index (κ2) is 8.26. The molecule has 6 nitrogen and oxygen atoms in total. The number of amides is 1. The van der Waals surface area contributed by atoms with Crippen molar-refractivity contribution in [3.05, 3.63) is 102 Å². The van der Waals surface area contributed by atoms with E-state index in [2.05, 4.69) is 20.6 Å². The van der Waals surface area contributed by atoms with Crippen LogP contribution in [0.2, 0.25) is 0 Å². The van der Waals surface area contributed by atoms with E-state index in [4.69, 9.17) is 0 Å². The molecule has 0 saturated heterocycles. The summed E-state index contributed by atoms with van der Waals surface area (Å²) in [6.45, 7) is 0. The highest BCUT2D eigenvalue weighted by molar-refractivity contribution is 5.95. The quantitative estimate of drug-likeness (QED) is 0.419. The zero-order chi connectivity index (χ0) is 20.1. The van der Waals surface area contributed by atoms with E-state index in [1.807, 2.05) is 30.3 Å². The first-order valence-electron chi connectivity index (χ1n) is 8.85. The molecule has 0 aliphatic carbocycles. The number of pyridine rings is 1. The molecule has 29 heavy (non-hydrogen) atoms. The lowest BCUT2D eigenvalue weighted by atomic mass is 10.1.